The van der Waals surface area contributed by atoms with Crippen LogP contribution < -0.4 is 10.6 Å². The predicted molar refractivity (Wildman–Crippen MR) is 82.9 cm³/mol. The molecular formula is C15H21N3S. The summed E-state index contributed by atoms with van der Waals surface area (Å²) in [6.07, 6.45) is 4.69. The molecule has 1 aliphatic carbocycles. The monoisotopic (exact) mass is 275 g/mol. The molecule has 0 bridgehead atoms. The van der Waals surface area contributed by atoms with E-state index in [-0.39, 0.29) is 0 Å². The first-order valence-corrected chi connectivity index (χ1v) is 7.97. The van der Waals surface area contributed by atoms with Crippen molar-refractivity contribution in [2.75, 3.05) is 11.4 Å². The lowest BCUT2D eigenvalue weighted by Crippen LogP contribution is -2.40. The van der Waals surface area contributed by atoms with Crippen molar-refractivity contribution in [1.29, 1.82) is 0 Å². The van der Waals surface area contributed by atoms with Crippen molar-refractivity contribution in [2.24, 2.45) is 5.73 Å². The summed E-state index contributed by atoms with van der Waals surface area (Å²) < 4.78 is 1.28. The van der Waals surface area contributed by atoms with Crippen LogP contribution in [0.25, 0.3) is 10.2 Å². The highest BCUT2D eigenvalue weighted by Gasteiger charge is 2.25. The Hall–Kier alpha value is -1.13. The predicted octanol–water partition coefficient (Wildman–Crippen LogP) is 3.39. The zero-order chi connectivity index (χ0) is 13.2. The summed E-state index contributed by atoms with van der Waals surface area (Å²) in [5.74, 6) is 0. The Balaban J connectivity index is 1.85. The molecule has 1 aromatic carbocycles. The van der Waals surface area contributed by atoms with Crippen LogP contribution in [0.3, 0.4) is 0 Å². The highest BCUT2D eigenvalue weighted by atomic mass is 32.1. The first kappa shape index (κ1) is 12.9. The second-order valence-electron chi connectivity index (χ2n) is 5.32. The van der Waals surface area contributed by atoms with Crippen LogP contribution in [0.1, 0.15) is 32.6 Å². The second-order valence-corrected chi connectivity index (χ2v) is 6.33. The molecule has 0 spiro atoms. The van der Waals surface area contributed by atoms with E-state index in [2.05, 4.69) is 36.1 Å². The van der Waals surface area contributed by atoms with Gasteiger partial charge in [-0.15, -0.1) is 0 Å². The number of rotatable bonds is 3. The fourth-order valence-electron chi connectivity index (χ4n) is 2.95. The lowest BCUT2D eigenvalue weighted by atomic mass is 9.91. The van der Waals surface area contributed by atoms with E-state index in [0.717, 1.165) is 24.9 Å². The molecule has 1 aromatic heterocycles. The topological polar surface area (TPSA) is 42.2 Å². The van der Waals surface area contributed by atoms with Gasteiger partial charge in [-0.25, -0.2) is 4.98 Å². The first-order valence-electron chi connectivity index (χ1n) is 7.15. The third-order valence-electron chi connectivity index (χ3n) is 4.05. The number of aromatic nitrogens is 1. The molecule has 0 radical (unpaired) electrons. The first-order chi connectivity index (χ1) is 9.28. The van der Waals surface area contributed by atoms with E-state index < -0.39 is 0 Å². The molecule has 1 aliphatic rings. The minimum absolute atomic E-state index is 0.408. The van der Waals surface area contributed by atoms with E-state index in [9.17, 15) is 0 Å². The lowest BCUT2D eigenvalue weighted by Gasteiger charge is -2.35. The van der Waals surface area contributed by atoms with E-state index in [1.165, 1.54) is 22.7 Å². The van der Waals surface area contributed by atoms with Crippen LogP contribution in [0.15, 0.2) is 24.3 Å². The van der Waals surface area contributed by atoms with Crippen molar-refractivity contribution in [3.05, 3.63) is 24.3 Å². The van der Waals surface area contributed by atoms with Gasteiger partial charge in [0.15, 0.2) is 5.13 Å². The third kappa shape index (κ3) is 2.60. The van der Waals surface area contributed by atoms with Gasteiger partial charge in [-0.3, -0.25) is 0 Å². The van der Waals surface area contributed by atoms with E-state index in [1.807, 2.05) is 11.3 Å². The number of hydrogen-bond acceptors (Lipinski definition) is 4. The molecule has 0 unspecified atom stereocenters. The number of para-hydroxylation sites is 1. The highest BCUT2D eigenvalue weighted by Crippen LogP contribution is 2.32. The van der Waals surface area contributed by atoms with Gasteiger partial charge in [0.2, 0.25) is 0 Å². The minimum Gasteiger partial charge on any atom is -0.345 e. The average molecular weight is 275 g/mol. The Labute approximate surface area is 118 Å². The molecule has 1 saturated carbocycles. The highest BCUT2D eigenvalue weighted by molar-refractivity contribution is 7.22. The molecule has 0 atom stereocenters. The number of fused-ring (bicyclic) bond motifs is 1. The standard InChI is InChI=1S/C15H21N3S/c1-2-18(12-9-7-11(16)8-10-12)15-17-13-5-3-4-6-14(13)19-15/h3-6,11-12H,2,7-10,16H2,1H3. The largest absolute Gasteiger partial charge is 0.345 e. The Kier molecular flexibility index (Phi) is 3.71. The average Bonchev–Trinajstić information content (AvgIpc) is 2.85. The zero-order valence-electron chi connectivity index (χ0n) is 11.4. The summed E-state index contributed by atoms with van der Waals surface area (Å²) in [4.78, 5) is 7.26. The van der Waals surface area contributed by atoms with Crippen molar-refractivity contribution < 1.29 is 0 Å². The number of hydrogen-bond donors (Lipinski definition) is 1. The maximum atomic E-state index is 6.01. The number of nitrogens with zero attached hydrogens (tertiary/aromatic N) is 2. The Morgan fingerprint density at radius 1 is 1.26 bits per heavy atom. The smallest absolute Gasteiger partial charge is 0.186 e. The minimum atomic E-state index is 0.408. The second kappa shape index (κ2) is 5.47. The molecular weight excluding hydrogens is 254 g/mol. The molecule has 1 fully saturated rings. The number of nitrogens with two attached hydrogens (primary N) is 1. The lowest BCUT2D eigenvalue weighted by molar-refractivity contribution is 0.378. The van der Waals surface area contributed by atoms with Crippen LogP contribution >= 0.6 is 11.3 Å². The van der Waals surface area contributed by atoms with Crippen LogP contribution in [0.2, 0.25) is 0 Å². The van der Waals surface area contributed by atoms with Gasteiger partial charge in [0.1, 0.15) is 0 Å². The maximum Gasteiger partial charge on any atom is 0.186 e. The quantitative estimate of drug-likeness (QED) is 0.933. The fraction of sp³-hybridized carbons (Fsp3) is 0.533. The SMILES string of the molecule is CCN(c1nc2ccccc2s1)C1CCC(N)CC1. The summed E-state index contributed by atoms with van der Waals surface area (Å²) in [7, 11) is 0. The molecule has 1 heterocycles. The van der Waals surface area contributed by atoms with E-state index in [4.69, 9.17) is 10.7 Å². The normalized spacial score (nSPS) is 23.7. The van der Waals surface area contributed by atoms with Gasteiger partial charge in [-0.05, 0) is 44.7 Å². The van der Waals surface area contributed by atoms with Crippen LogP contribution in [0.4, 0.5) is 5.13 Å². The zero-order valence-corrected chi connectivity index (χ0v) is 12.2. The van der Waals surface area contributed by atoms with E-state index >= 15 is 0 Å². The van der Waals surface area contributed by atoms with Gasteiger partial charge in [-0.2, -0.15) is 0 Å². The number of thiazole rings is 1. The van der Waals surface area contributed by atoms with Crippen molar-refractivity contribution in [2.45, 2.75) is 44.7 Å². The molecule has 2 N–H and O–H groups in total. The summed E-state index contributed by atoms with van der Waals surface area (Å²) in [5.41, 5.74) is 7.13. The summed E-state index contributed by atoms with van der Waals surface area (Å²) in [6.45, 7) is 3.25. The van der Waals surface area contributed by atoms with Gasteiger partial charge in [0, 0.05) is 18.6 Å². The van der Waals surface area contributed by atoms with Gasteiger partial charge in [0.25, 0.3) is 0 Å². The van der Waals surface area contributed by atoms with Crippen molar-refractivity contribution in [3.63, 3.8) is 0 Å². The third-order valence-corrected chi connectivity index (χ3v) is 5.12. The van der Waals surface area contributed by atoms with Crippen LogP contribution in [-0.4, -0.2) is 23.6 Å². The van der Waals surface area contributed by atoms with Crippen LogP contribution in [0.5, 0.6) is 0 Å². The Morgan fingerprint density at radius 2 is 2.00 bits per heavy atom. The van der Waals surface area contributed by atoms with Gasteiger partial charge >= 0.3 is 0 Å². The Bertz CT molecular complexity index is 510. The molecule has 19 heavy (non-hydrogen) atoms. The van der Waals surface area contributed by atoms with Crippen molar-refractivity contribution in [1.82, 2.24) is 4.98 Å². The molecule has 0 aliphatic heterocycles. The summed E-state index contributed by atoms with van der Waals surface area (Å²) in [5, 5.41) is 1.17. The Morgan fingerprint density at radius 3 is 2.68 bits per heavy atom. The summed E-state index contributed by atoms with van der Waals surface area (Å²) in [6, 6.07) is 9.42. The van der Waals surface area contributed by atoms with E-state index in [1.54, 1.807) is 0 Å². The number of benzene rings is 1. The van der Waals surface area contributed by atoms with Gasteiger partial charge in [-0.1, -0.05) is 23.5 Å². The van der Waals surface area contributed by atoms with Crippen LogP contribution in [-0.2, 0) is 0 Å². The maximum absolute atomic E-state index is 6.01. The van der Waals surface area contributed by atoms with Crippen LogP contribution in [0, 0.1) is 0 Å². The molecule has 102 valence electrons. The molecule has 3 nitrogen and oxygen atoms in total. The fourth-order valence-corrected chi connectivity index (χ4v) is 4.05. The molecule has 0 saturated heterocycles. The molecule has 3 rings (SSSR count). The molecule has 4 heteroatoms. The summed E-state index contributed by atoms with van der Waals surface area (Å²) >= 11 is 1.81. The van der Waals surface area contributed by atoms with Crippen molar-refractivity contribution >= 4 is 26.7 Å². The van der Waals surface area contributed by atoms with Crippen molar-refractivity contribution in [3.8, 4) is 0 Å². The van der Waals surface area contributed by atoms with E-state index in [0.29, 0.717) is 12.1 Å². The molecule has 2 aromatic rings. The van der Waals surface area contributed by atoms with Gasteiger partial charge < -0.3 is 10.6 Å². The molecule has 0 amide bonds. The number of anilines is 1. The van der Waals surface area contributed by atoms with Gasteiger partial charge in [0.05, 0.1) is 10.2 Å².